The van der Waals surface area contributed by atoms with Gasteiger partial charge in [0.1, 0.15) is 6.10 Å². The van der Waals surface area contributed by atoms with Gasteiger partial charge in [0.25, 0.3) is 0 Å². The van der Waals surface area contributed by atoms with E-state index in [9.17, 15) is 5.11 Å². The molecule has 0 aliphatic rings. The Morgan fingerprint density at radius 3 is 2.81 bits per heavy atom. The lowest BCUT2D eigenvalue weighted by molar-refractivity contribution is 0.150. The minimum Gasteiger partial charge on any atom is -0.386 e. The van der Waals surface area contributed by atoms with E-state index in [2.05, 4.69) is 22.6 Å². The number of benzene rings is 1. The summed E-state index contributed by atoms with van der Waals surface area (Å²) < 4.78 is 1.62. The first kappa shape index (κ1) is 16.2. The van der Waals surface area contributed by atoms with E-state index < -0.39 is 6.10 Å². The van der Waals surface area contributed by atoms with Crippen LogP contribution in [-0.4, -0.2) is 33.2 Å². The molecule has 21 heavy (non-hydrogen) atoms. The summed E-state index contributed by atoms with van der Waals surface area (Å²) in [4.78, 5) is 0. The Morgan fingerprint density at radius 1 is 1.38 bits per heavy atom. The molecule has 1 heterocycles. The molecule has 0 saturated heterocycles. The van der Waals surface area contributed by atoms with Gasteiger partial charge in [0.15, 0.2) is 0 Å². The number of hydrogen-bond donors (Lipinski definition) is 2. The first-order chi connectivity index (χ1) is 9.99. The van der Waals surface area contributed by atoms with E-state index in [-0.39, 0.29) is 0 Å². The Balaban J connectivity index is 2.04. The summed E-state index contributed by atoms with van der Waals surface area (Å²) >= 11 is 11.9. The SMILES string of the molecule is CNC(C)Cc1cn(CC(O)c2ccc(Cl)cc2Cl)nn1. The molecule has 7 heteroatoms. The second-order valence-electron chi connectivity index (χ2n) is 5.01. The first-order valence-corrected chi connectivity index (χ1v) is 7.44. The number of rotatable bonds is 6. The lowest BCUT2D eigenvalue weighted by Crippen LogP contribution is -2.23. The molecule has 2 rings (SSSR count). The van der Waals surface area contributed by atoms with Crippen LogP contribution in [-0.2, 0) is 13.0 Å². The second kappa shape index (κ2) is 7.22. The minimum atomic E-state index is -0.758. The number of halogens is 2. The van der Waals surface area contributed by atoms with E-state index in [0.29, 0.717) is 28.2 Å². The highest BCUT2D eigenvalue weighted by molar-refractivity contribution is 6.35. The zero-order chi connectivity index (χ0) is 15.4. The molecule has 2 atom stereocenters. The van der Waals surface area contributed by atoms with Crippen LogP contribution in [0.4, 0.5) is 0 Å². The van der Waals surface area contributed by atoms with Gasteiger partial charge >= 0.3 is 0 Å². The molecule has 2 N–H and O–H groups in total. The van der Waals surface area contributed by atoms with Crippen molar-refractivity contribution in [3.8, 4) is 0 Å². The zero-order valence-electron chi connectivity index (χ0n) is 11.9. The fraction of sp³-hybridized carbons (Fsp3) is 0.429. The topological polar surface area (TPSA) is 63.0 Å². The van der Waals surface area contributed by atoms with Crippen molar-refractivity contribution in [3.05, 3.63) is 45.7 Å². The standard InChI is InChI=1S/C14H18Cl2N4O/c1-9(17-2)5-11-7-20(19-18-11)8-14(21)12-4-3-10(15)6-13(12)16/h3-4,6-7,9,14,17,21H,5,8H2,1-2H3. The Bertz CT molecular complexity index is 602. The normalized spacial score (nSPS) is 14.1. The monoisotopic (exact) mass is 328 g/mol. The summed E-state index contributed by atoms with van der Waals surface area (Å²) in [5.74, 6) is 0. The molecule has 0 aliphatic carbocycles. The van der Waals surface area contributed by atoms with Crippen LogP contribution in [0.3, 0.4) is 0 Å². The third kappa shape index (κ3) is 4.41. The molecule has 0 aliphatic heterocycles. The molecular formula is C14H18Cl2N4O. The van der Waals surface area contributed by atoms with Crippen molar-refractivity contribution < 1.29 is 5.11 Å². The van der Waals surface area contributed by atoms with Crippen molar-refractivity contribution in [1.82, 2.24) is 20.3 Å². The predicted molar refractivity (Wildman–Crippen MR) is 83.7 cm³/mol. The van der Waals surface area contributed by atoms with Crippen molar-refractivity contribution in [2.75, 3.05) is 7.05 Å². The van der Waals surface area contributed by atoms with Crippen molar-refractivity contribution in [2.45, 2.75) is 32.0 Å². The summed E-state index contributed by atoms with van der Waals surface area (Å²) in [6, 6.07) is 5.36. The Hall–Kier alpha value is -1.14. The highest BCUT2D eigenvalue weighted by Gasteiger charge is 2.14. The van der Waals surface area contributed by atoms with Crippen LogP contribution < -0.4 is 5.32 Å². The minimum absolute atomic E-state index is 0.294. The molecule has 2 aromatic rings. The average molecular weight is 329 g/mol. The maximum Gasteiger partial charge on any atom is 0.100 e. The average Bonchev–Trinajstić information content (AvgIpc) is 2.85. The molecule has 1 aromatic heterocycles. The molecule has 0 radical (unpaired) electrons. The number of hydrogen-bond acceptors (Lipinski definition) is 4. The molecule has 0 amide bonds. The molecule has 0 spiro atoms. The van der Waals surface area contributed by atoms with E-state index >= 15 is 0 Å². The third-order valence-electron chi connectivity index (χ3n) is 3.28. The van der Waals surface area contributed by atoms with Crippen molar-refractivity contribution in [2.24, 2.45) is 0 Å². The maximum atomic E-state index is 10.3. The highest BCUT2D eigenvalue weighted by Crippen LogP contribution is 2.27. The largest absolute Gasteiger partial charge is 0.386 e. The molecule has 5 nitrogen and oxygen atoms in total. The zero-order valence-corrected chi connectivity index (χ0v) is 13.4. The molecule has 2 unspecified atom stereocenters. The quantitative estimate of drug-likeness (QED) is 0.855. The van der Waals surface area contributed by atoms with Gasteiger partial charge in [-0.15, -0.1) is 5.10 Å². The van der Waals surface area contributed by atoms with Gasteiger partial charge in [-0.1, -0.05) is 34.5 Å². The lowest BCUT2D eigenvalue weighted by atomic mass is 10.1. The Morgan fingerprint density at radius 2 is 2.14 bits per heavy atom. The van der Waals surface area contributed by atoms with Crippen molar-refractivity contribution in [3.63, 3.8) is 0 Å². The van der Waals surface area contributed by atoms with E-state index in [0.717, 1.165) is 12.1 Å². The number of nitrogens with one attached hydrogen (secondary N) is 1. The van der Waals surface area contributed by atoms with Crippen LogP contribution in [0.5, 0.6) is 0 Å². The number of aromatic nitrogens is 3. The summed E-state index contributed by atoms with van der Waals surface area (Å²) in [5.41, 5.74) is 1.51. The van der Waals surface area contributed by atoms with E-state index in [4.69, 9.17) is 23.2 Å². The van der Waals surface area contributed by atoms with E-state index in [1.165, 1.54) is 0 Å². The van der Waals surface area contributed by atoms with E-state index in [1.807, 2.05) is 13.2 Å². The van der Waals surface area contributed by atoms with Crippen LogP contribution >= 0.6 is 23.2 Å². The Kier molecular flexibility index (Phi) is 5.58. The van der Waals surface area contributed by atoms with Gasteiger partial charge in [0, 0.05) is 34.3 Å². The molecular weight excluding hydrogens is 311 g/mol. The van der Waals surface area contributed by atoms with Gasteiger partial charge in [0.05, 0.1) is 12.2 Å². The number of nitrogens with zero attached hydrogens (tertiary/aromatic N) is 3. The van der Waals surface area contributed by atoms with Crippen LogP contribution in [0.2, 0.25) is 10.0 Å². The Labute approximate surface area is 133 Å². The highest BCUT2D eigenvalue weighted by atomic mass is 35.5. The van der Waals surface area contributed by atoms with Gasteiger partial charge < -0.3 is 10.4 Å². The van der Waals surface area contributed by atoms with Crippen LogP contribution in [0.25, 0.3) is 0 Å². The summed E-state index contributed by atoms with van der Waals surface area (Å²) in [6.45, 7) is 2.36. The molecule has 114 valence electrons. The molecule has 0 fully saturated rings. The molecule has 0 bridgehead atoms. The van der Waals surface area contributed by atoms with Gasteiger partial charge in [-0.05, 0) is 26.1 Å². The first-order valence-electron chi connectivity index (χ1n) is 6.69. The van der Waals surface area contributed by atoms with Crippen LogP contribution in [0.1, 0.15) is 24.3 Å². The van der Waals surface area contributed by atoms with E-state index in [1.54, 1.807) is 22.9 Å². The fourth-order valence-electron chi connectivity index (χ4n) is 1.98. The third-order valence-corrected chi connectivity index (χ3v) is 3.84. The predicted octanol–water partition coefficient (Wildman–Crippen LogP) is 2.47. The van der Waals surface area contributed by atoms with Gasteiger partial charge in [-0.25, -0.2) is 4.68 Å². The summed E-state index contributed by atoms with van der Waals surface area (Å²) in [5, 5.41) is 22.5. The molecule has 0 saturated carbocycles. The van der Waals surface area contributed by atoms with Gasteiger partial charge in [-0.2, -0.15) is 0 Å². The summed E-state index contributed by atoms with van der Waals surface area (Å²) in [7, 11) is 1.90. The summed E-state index contributed by atoms with van der Waals surface area (Å²) in [6.07, 6.45) is 1.86. The smallest absolute Gasteiger partial charge is 0.100 e. The van der Waals surface area contributed by atoms with Crippen molar-refractivity contribution >= 4 is 23.2 Å². The van der Waals surface area contributed by atoms with Gasteiger partial charge in [0.2, 0.25) is 0 Å². The van der Waals surface area contributed by atoms with Gasteiger partial charge in [-0.3, -0.25) is 0 Å². The number of likely N-dealkylation sites (N-methyl/N-ethyl adjacent to an activating group) is 1. The van der Waals surface area contributed by atoms with Crippen LogP contribution in [0, 0.1) is 0 Å². The fourth-order valence-corrected chi connectivity index (χ4v) is 2.52. The molecule has 1 aromatic carbocycles. The van der Waals surface area contributed by atoms with Crippen molar-refractivity contribution in [1.29, 1.82) is 0 Å². The van der Waals surface area contributed by atoms with Crippen LogP contribution in [0.15, 0.2) is 24.4 Å². The lowest BCUT2D eigenvalue weighted by Gasteiger charge is -2.12. The number of aliphatic hydroxyl groups is 1. The number of aliphatic hydroxyl groups excluding tert-OH is 1. The second-order valence-corrected chi connectivity index (χ2v) is 5.85. The maximum absolute atomic E-state index is 10.3.